The van der Waals surface area contributed by atoms with E-state index in [4.69, 9.17) is 0 Å². The number of aliphatic hydroxyl groups is 2. The Hall–Kier alpha value is -2.80. The van der Waals surface area contributed by atoms with Crippen LogP contribution in [0.5, 0.6) is 0 Å². The van der Waals surface area contributed by atoms with Gasteiger partial charge in [-0.05, 0) is 71.0 Å². The van der Waals surface area contributed by atoms with Crippen LogP contribution in [0.3, 0.4) is 0 Å². The minimum absolute atomic E-state index is 0.0219. The third-order valence-electron chi connectivity index (χ3n) is 9.77. The van der Waals surface area contributed by atoms with Gasteiger partial charge in [-0.25, -0.2) is 13.4 Å². The second-order valence-electron chi connectivity index (χ2n) is 14.7. The Morgan fingerprint density at radius 2 is 1.68 bits per heavy atom. The predicted molar refractivity (Wildman–Crippen MR) is 182 cm³/mol. The lowest BCUT2D eigenvalue weighted by atomic mass is 9.82. The summed E-state index contributed by atoms with van der Waals surface area (Å²) >= 11 is 0. The highest BCUT2D eigenvalue weighted by Crippen LogP contribution is 2.36. The third-order valence-corrected chi connectivity index (χ3v) is 12.4. The van der Waals surface area contributed by atoms with E-state index in [1.165, 1.54) is 12.7 Å². The third kappa shape index (κ3) is 10.9. The lowest BCUT2D eigenvalue weighted by molar-refractivity contribution is -0.132. The number of H-pyrrole nitrogens is 1. The van der Waals surface area contributed by atoms with Crippen LogP contribution in [0, 0.1) is 17.8 Å². The number of carbonyl (C=O) groups excluding carboxylic acids is 2. The number of aliphatic hydroxyl groups excluding tert-OH is 2. The molecule has 2 aliphatic carbocycles. The fourth-order valence-electron chi connectivity index (χ4n) is 6.89. The Labute approximate surface area is 280 Å². The van der Waals surface area contributed by atoms with Gasteiger partial charge in [-0.15, -0.1) is 0 Å². The molecule has 0 aliphatic heterocycles. The zero-order chi connectivity index (χ0) is 34.2. The molecule has 0 unspecified atom stereocenters. The summed E-state index contributed by atoms with van der Waals surface area (Å²) in [5, 5.41) is 28.0. The maximum Gasteiger partial charge on any atom is 0.243 e. The number of amides is 2. The van der Waals surface area contributed by atoms with Crippen molar-refractivity contribution >= 4 is 21.7 Å². The Balaban J connectivity index is 1.58. The number of aromatic nitrogens is 2. The van der Waals surface area contributed by atoms with Gasteiger partial charge >= 0.3 is 0 Å². The fourth-order valence-corrected chi connectivity index (χ4v) is 8.60. The minimum atomic E-state index is -3.76. The second-order valence-corrected chi connectivity index (χ2v) is 17.3. The molecule has 1 aromatic carbocycles. The average Bonchev–Trinajstić information content (AvgIpc) is 3.75. The minimum Gasteiger partial charge on any atom is -0.390 e. The summed E-state index contributed by atoms with van der Waals surface area (Å²) < 4.78 is 26.4. The van der Waals surface area contributed by atoms with E-state index in [1.54, 1.807) is 20.0 Å². The molecule has 0 saturated heterocycles. The van der Waals surface area contributed by atoms with Crippen LogP contribution < -0.4 is 10.6 Å². The first-order valence-electron chi connectivity index (χ1n) is 17.1. The van der Waals surface area contributed by atoms with Gasteiger partial charge in [0, 0.05) is 24.9 Å². The number of hydrogen-bond donors (Lipinski definition) is 5. The molecule has 2 saturated carbocycles. The van der Waals surface area contributed by atoms with Crippen molar-refractivity contribution in [2.45, 2.75) is 107 Å². The smallest absolute Gasteiger partial charge is 0.243 e. The number of rotatable bonds is 18. The molecule has 5 atom stereocenters. The van der Waals surface area contributed by atoms with Crippen LogP contribution in [0.2, 0.25) is 0 Å². The summed E-state index contributed by atoms with van der Waals surface area (Å²) in [5.74, 6) is -2.04. The number of nitrogens with zero attached hydrogens (tertiary/aromatic N) is 2. The molecular weight excluding hydrogens is 618 g/mol. The predicted octanol–water partition coefficient (Wildman–Crippen LogP) is 2.64. The number of benzene rings is 1. The molecule has 0 bridgehead atoms. The summed E-state index contributed by atoms with van der Waals surface area (Å²) in [4.78, 5) is 37.0. The summed E-state index contributed by atoms with van der Waals surface area (Å²) in [7, 11) is -0.140. The largest absolute Gasteiger partial charge is 0.390 e. The number of nitrogens with one attached hydrogen (secondary N) is 3. The summed E-state index contributed by atoms with van der Waals surface area (Å²) in [6, 6.07) is 7.50. The number of carbonyl (C=O) groups is 2. The molecule has 0 spiro atoms. The van der Waals surface area contributed by atoms with E-state index in [1.807, 2.05) is 49.3 Å². The number of aromatic amines is 1. The van der Waals surface area contributed by atoms with Crippen molar-refractivity contribution in [2.24, 2.45) is 17.8 Å². The van der Waals surface area contributed by atoms with Crippen LogP contribution in [0.15, 0.2) is 42.9 Å². The number of imidazole rings is 1. The van der Waals surface area contributed by atoms with Crippen molar-refractivity contribution in [3.05, 3.63) is 54.1 Å². The van der Waals surface area contributed by atoms with Crippen LogP contribution in [-0.4, -0.2) is 101 Å². The summed E-state index contributed by atoms with van der Waals surface area (Å²) in [6.45, 7) is 3.63. The van der Waals surface area contributed by atoms with Gasteiger partial charge in [0.15, 0.2) is 9.84 Å². The molecule has 5 N–H and O–H groups in total. The van der Waals surface area contributed by atoms with E-state index < -0.39 is 56.6 Å². The molecule has 2 aromatic rings. The molecule has 2 aliphatic rings. The average molecular weight is 674 g/mol. The van der Waals surface area contributed by atoms with Crippen LogP contribution in [-0.2, 0) is 32.3 Å². The fraction of sp³-hybridized carbons (Fsp3) is 0.686. The molecule has 262 valence electrons. The maximum absolute atomic E-state index is 14.1. The SMILES string of the molecule is CN(C)CC(C)(C)S(=O)(=O)C[C@@H](Cc1ccccc1)C(=O)N[C@@H](Cc1cnc[nH]1)C(=O)N[C@@H](CC1CCCCC1)[C@@H](O)[C@@H](O)C1CC1. The van der Waals surface area contributed by atoms with E-state index in [0.29, 0.717) is 18.0 Å². The Bertz CT molecular complexity index is 1370. The highest BCUT2D eigenvalue weighted by atomic mass is 32.2. The Kier molecular flexibility index (Phi) is 13.0. The van der Waals surface area contributed by atoms with Gasteiger partial charge in [0.1, 0.15) is 12.1 Å². The highest BCUT2D eigenvalue weighted by molar-refractivity contribution is 7.92. The Morgan fingerprint density at radius 3 is 2.28 bits per heavy atom. The maximum atomic E-state index is 14.1. The van der Waals surface area contributed by atoms with Crippen molar-refractivity contribution < 1.29 is 28.2 Å². The van der Waals surface area contributed by atoms with Crippen LogP contribution in [0.4, 0.5) is 0 Å². The molecule has 11 nitrogen and oxygen atoms in total. The number of sulfone groups is 1. The normalized spacial score (nSPS) is 19.5. The molecule has 0 radical (unpaired) electrons. The molecule has 2 fully saturated rings. The molecule has 1 aromatic heterocycles. The van der Waals surface area contributed by atoms with Crippen molar-refractivity contribution in [3.8, 4) is 0 Å². The highest BCUT2D eigenvalue weighted by Gasteiger charge is 2.41. The van der Waals surface area contributed by atoms with E-state index >= 15 is 0 Å². The van der Waals surface area contributed by atoms with Gasteiger partial charge in [-0.1, -0.05) is 62.4 Å². The van der Waals surface area contributed by atoms with Crippen molar-refractivity contribution in [3.63, 3.8) is 0 Å². The van der Waals surface area contributed by atoms with Gasteiger partial charge in [0.25, 0.3) is 0 Å². The van der Waals surface area contributed by atoms with E-state index in [0.717, 1.165) is 44.1 Å². The first-order chi connectivity index (χ1) is 22.3. The Morgan fingerprint density at radius 1 is 1.00 bits per heavy atom. The zero-order valence-corrected chi connectivity index (χ0v) is 29.2. The van der Waals surface area contributed by atoms with Crippen molar-refractivity contribution in [2.75, 3.05) is 26.4 Å². The lowest BCUT2D eigenvalue weighted by Gasteiger charge is -2.33. The molecule has 4 rings (SSSR count). The lowest BCUT2D eigenvalue weighted by Crippen LogP contribution is -2.57. The van der Waals surface area contributed by atoms with E-state index in [9.17, 15) is 28.2 Å². The van der Waals surface area contributed by atoms with Crippen LogP contribution in [0.25, 0.3) is 0 Å². The van der Waals surface area contributed by atoms with Gasteiger partial charge in [-0.3, -0.25) is 9.59 Å². The summed E-state index contributed by atoms with van der Waals surface area (Å²) in [5.41, 5.74) is 1.43. The quantitative estimate of drug-likeness (QED) is 0.161. The molecule has 47 heavy (non-hydrogen) atoms. The monoisotopic (exact) mass is 673 g/mol. The van der Waals surface area contributed by atoms with Crippen LogP contribution >= 0.6 is 0 Å². The number of hydrogen-bond acceptors (Lipinski definition) is 8. The van der Waals surface area contributed by atoms with Gasteiger partial charge in [-0.2, -0.15) is 0 Å². The first kappa shape index (κ1) is 37.0. The molecule has 2 amide bonds. The standard InChI is InChI=1S/C35H55N5O6S/c1-35(2,22-40(3)4)47(45,46)21-27(17-24-11-7-5-8-12-24)33(43)39-30(19-28-20-36-23-37-28)34(44)38-29(18-25-13-9-6-10-14-25)32(42)31(41)26-15-16-26/h5,7-8,11-12,20,23,25-27,29-32,41-42H,6,9-10,13-19,21-22H2,1-4H3,(H,36,37)(H,38,44)(H,39,43)/t27-,29+,30+,31+,32-/m1/s1. The van der Waals surface area contributed by atoms with Crippen molar-refractivity contribution in [1.82, 2.24) is 25.5 Å². The zero-order valence-electron chi connectivity index (χ0n) is 28.4. The second kappa shape index (κ2) is 16.5. The van der Waals surface area contributed by atoms with E-state index in [-0.39, 0.29) is 31.1 Å². The van der Waals surface area contributed by atoms with E-state index in [2.05, 4.69) is 20.6 Å². The van der Waals surface area contributed by atoms with Gasteiger partial charge < -0.3 is 30.7 Å². The molecule has 12 heteroatoms. The molecule has 1 heterocycles. The topological polar surface area (TPSA) is 165 Å². The van der Waals surface area contributed by atoms with Gasteiger partial charge in [0.2, 0.25) is 11.8 Å². The van der Waals surface area contributed by atoms with Gasteiger partial charge in [0.05, 0.1) is 34.9 Å². The molecular formula is C35H55N5O6S. The first-order valence-corrected chi connectivity index (χ1v) is 18.8. The van der Waals surface area contributed by atoms with Crippen LogP contribution in [0.1, 0.15) is 76.5 Å². The summed E-state index contributed by atoms with van der Waals surface area (Å²) in [6.07, 6.45) is 8.88. The van der Waals surface area contributed by atoms with Crippen molar-refractivity contribution in [1.29, 1.82) is 0 Å².